The molecule has 10 heteroatoms. The quantitative estimate of drug-likeness (QED) is 0.470. The van der Waals surface area contributed by atoms with Gasteiger partial charge in [0.1, 0.15) is 41.5 Å². The maximum Gasteiger partial charge on any atom is 0.229 e. The number of aliphatic hydroxyl groups is 4. The summed E-state index contributed by atoms with van der Waals surface area (Å²) in [6.07, 6.45) is -5.15. The molecule has 4 N–H and O–H groups in total. The number of fused-ring (bicyclic) bond motifs is 4. The number of piperidine rings is 1. The third kappa shape index (κ3) is 4.41. The number of carbonyl (C=O) groups excluding carboxylic acids is 1. The third-order valence-electron chi connectivity index (χ3n) is 8.01. The van der Waals surface area contributed by atoms with Crippen LogP contribution in [0.1, 0.15) is 45.3 Å². The molecule has 4 aliphatic heterocycles. The highest BCUT2D eigenvalue weighted by Gasteiger charge is 2.52. The predicted molar refractivity (Wildman–Crippen MR) is 122 cm³/mol. The van der Waals surface area contributed by atoms with Crippen molar-refractivity contribution in [3.05, 3.63) is 23.8 Å². The number of amides is 1. The minimum absolute atomic E-state index is 0.0821. The van der Waals surface area contributed by atoms with Crippen LogP contribution in [-0.4, -0.2) is 93.3 Å². The van der Waals surface area contributed by atoms with Crippen LogP contribution in [0.25, 0.3) is 0 Å². The fourth-order valence-corrected chi connectivity index (χ4v) is 5.94. The molecular formula is C25H35NO9. The first-order valence-corrected chi connectivity index (χ1v) is 12.3. The summed E-state index contributed by atoms with van der Waals surface area (Å²) in [5.41, 5.74) is 0.394. The molecule has 4 aliphatic rings. The van der Waals surface area contributed by atoms with E-state index < -0.39 is 42.9 Å². The van der Waals surface area contributed by atoms with Crippen molar-refractivity contribution in [1.82, 2.24) is 4.90 Å². The van der Waals surface area contributed by atoms with Gasteiger partial charge in [0.15, 0.2) is 0 Å². The molecule has 3 saturated heterocycles. The van der Waals surface area contributed by atoms with Crippen molar-refractivity contribution in [2.75, 3.05) is 19.7 Å². The van der Waals surface area contributed by atoms with Crippen LogP contribution in [0.4, 0.5) is 0 Å². The van der Waals surface area contributed by atoms with Gasteiger partial charge in [-0.25, -0.2) is 0 Å². The monoisotopic (exact) mass is 493 g/mol. The van der Waals surface area contributed by atoms with E-state index in [-0.39, 0.29) is 30.0 Å². The average Bonchev–Trinajstić information content (AvgIpc) is 2.82. The van der Waals surface area contributed by atoms with Crippen LogP contribution in [-0.2, 0) is 14.3 Å². The smallest absolute Gasteiger partial charge is 0.229 e. The Labute approximate surface area is 204 Å². The largest absolute Gasteiger partial charge is 0.487 e. The maximum atomic E-state index is 11.9. The van der Waals surface area contributed by atoms with Crippen LogP contribution in [0.3, 0.4) is 0 Å². The van der Waals surface area contributed by atoms with E-state index in [0.29, 0.717) is 24.6 Å². The Kier molecular flexibility index (Phi) is 6.48. The van der Waals surface area contributed by atoms with Crippen LogP contribution in [0, 0.1) is 11.8 Å². The predicted octanol–water partition coefficient (Wildman–Crippen LogP) is 0.351. The van der Waals surface area contributed by atoms with Crippen LogP contribution >= 0.6 is 0 Å². The standard InChI is InChI=1S/C25H35NO9/c1-12(28)26-7-6-17-13(10-26)8-16-23(33-17)15-5-4-14(9-18(15)35-25(16,2)3)32-24-22(31)21(30)20(29)19(11-27)34-24/h4-5,9,13,16-17,19-24,27,29-31H,6-8,10-11H2,1-3H3/t13-,16+,17+,19+,20-,21-,22+,23-,24+/m0/s1. The molecule has 0 bridgehead atoms. The van der Waals surface area contributed by atoms with Gasteiger partial charge in [-0.2, -0.15) is 0 Å². The molecule has 1 amide bonds. The fraction of sp³-hybridized carbons (Fsp3) is 0.720. The first-order chi connectivity index (χ1) is 16.6. The number of aliphatic hydroxyl groups excluding tert-OH is 4. The van der Waals surface area contributed by atoms with Crippen molar-refractivity contribution >= 4 is 5.91 Å². The summed E-state index contributed by atoms with van der Waals surface area (Å²) < 4.78 is 24.3. The Morgan fingerprint density at radius 1 is 1.17 bits per heavy atom. The van der Waals surface area contributed by atoms with Crippen molar-refractivity contribution in [2.24, 2.45) is 11.8 Å². The molecular weight excluding hydrogens is 458 g/mol. The molecule has 0 unspecified atom stereocenters. The Balaban J connectivity index is 1.36. The van der Waals surface area contributed by atoms with E-state index in [2.05, 4.69) is 0 Å². The Hall–Kier alpha value is -1.95. The number of carbonyl (C=O) groups is 1. The van der Waals surface area contributed by atoms with Gasteiger partial charge in [-0.3, -0.25) is 4.79 Å². The molecule has 0 aliphatic carbocycles. The number of hydrogen-bond acceptors (Lipinski definition) is 9. The minimum Gasteiger partial charge on any atom is -0.487 e. The highest BCUT2D eigenvalue weighted by molar-refractivity contribution is 5.73. The summed E-state index contributed by atoms with van der Waals surface area (Å²) in [6, 6.07) is 5.32. The zero-order valence-electron chi connectivity index (χ0n) is 20.2. The first kappa shape index (κ1) is 24.7. The summed E-state index contributed by atoms with van der Waals surface area (Å²) in [7, 11) is 0. The number of nitrogens with zero attached hydrogens (tertiary/aromatic N) is 1. The van der Waals surface area contributed by atoms with Crippen LogP contribution in [0.15, 0.2) is 18.2 Å². The summed E-state index contributed by atoms with van der Waals surface area (Å²) in [4.78, 5) is 13.8. The van der Waals surface area contributed by atoms with E-state index >= 15 is 0 Å². The first-order valence-electron chi connectivity index (χ1n) is 12.3. The number of ether oxygens (including phenoxy) is 4. The normalized spacial score (nSPS) is 40.1. The summed E-state index contributed by atoms with van der Waals surface area (Å²) in [5, 5.41) is 39.7. The van der Waals surface area contributed by atoms with E-state index in [9.17, 15) is 25.2 Å². The molecule has 0 saturated carbocycles. The molecule has 10 nitrogen and oxygen atoms in total. The summed E-state index contributed by atoms with van der Waals surface area (Å²) >= 11 is 0. The maximum absolute atomic E-state index is 11.9. The molecule has 194 valence electrons. The minimum atomic E-state index is -1.52. The van der Waals surface area contributed by atoms with E-state index in [1.807, 2.05) is 24.8 Å². The lowest BCUT2D eigenvalue weighted by Crippen LogP contribution is -2.60. The molecule has 4 heterocycles. The van der Waals surface area contributed by atoms with Crippen molar-refractivity contribution in [3.8, 4) is 11.5 Å². The fourth-order valence-electron chi connectivity index (χ4n) is 5.94. The topological polar surface area (TPSA) is 138 Å². The number of rotatable bonds is 3. The molecule has 35 heavy (non-hydrogen) atoms. The van der Waals surface area contributed by atoms with E-state index in [0.717, 1.165) is 18.4 Å². The Bertz CT molecular complexity index is 953. The zero-order valence-corrected chi connectivity index (χ0v) is 20.2. The van der Waals surface area contributed by atoms with Crippen LogP contribution < -0.4 is 9.47 Å². The molecule has 0 aromatic heterocycles. The molecule has 3 fully saturated rings. The van der Waals surface area contributed by atoms with Gasteiger partial charge in [-0.05, 0) is 38.8 Å². The van der Waals surface area contributed by atoms with Gasteiger partial charge in [0.25, 0.3) is 0 Å². The lowest BCUT2D eigenvalue weighted by molar-refractivity contribution is -0.277. The van der Waals surface area contributed by atoms with Crippen molar-refractivity contribution in [2.45, 2.75) is 82.1 Å². The van der Waals surface area contributed by atoms with Gasteiger partial charge in [0.2, 0.25) is 12.2 Å². The molecule has 0 spiro atoms. The molecule has 0 radical (unpaired) electrons. The Morgan fingerprint density at radius 3 is 2.66 bits per heavy atom. The summed E-state index contributed by atoms with van der Waals surface area (Å²) in [6.45, 7) is 6.56. The highest BCUT2D eigenvalue weighted by atomic mass is 16.7. The van der Waals surface area contributed by atoms with Crippen molar-refractivity contribution in [1.29, 1.82) is 0 Å². The van der Waals surface area contributed by atoms with Gasteiger partial charge < -0.3 is 44.3 Å². The zero-order chi connectivity index (χ0) is 25.1. The second-order valence-corrected chi connectivity index (χ2v) is 10.7. The van der Waals surface area contributed by atoms with Gasteiger partial charge >= 0.3 is 0 Å². The van der Waals surface area contributed by atoms with Gasteiger partial charge in [0, 0.05) is 43.5 Å². The molecule has 1 aromatic carbocycles. The van der Waals surface area contributed by atoms with Crippen molar-refractivity contribution < 1.29 is 44.2 Å². The van der Waals surface area contributed by atoms with E-state index in [1.54, 1.807) is 19.1 Å². The SMILES string of the molecule is CC(=O)N1CC[C@H]2O[C@H]3c4ccc(O[C@@H]5O[C@H](CO)[C@H](O)[C@H](O)[C@H]5O)cc4OC(C)(C)[C@@H]3C[C@H]2C1. The second kappa shape index (κ2) is 9.17. The van der Waals surface area contributed by atoms with Crippen molar-refractivity contribution in [3.63, 3.8) is 0 Å². The molecule has 9 atom stereocenters. The number of benzene rings is 1. The van der Waals surface area contributed by atoms with E-state index in [4.69, 9.17) is 18.9 Å². The highest BCUT2D eigenvalue weighted by Crippen LogP contribution is 2.53. The molecule has 5 rings (SSSR count). The van der Waals surface area contributed by atoms with Crippen LogP contribution in [0.5, 0.6) is 11.5 Å². The average molecular weight is 494 g/mol. The van der Waals surface area contributed by atoms with Gasteiger partial charge in [0.05, 0.1) is 18.8 Å². The van der Waals surface area contributed by atoms with E-state index in [1.165, 1.54) is 0 Å². The third-order valence-corrected chi connectivity index (χ3v) is 8.01. The second-order valence-electron chi connectivity index (χ2n) is 10.7. The number of likely N-dealkylation sites (tertiary alicyclic amines) is 1. The van der Waals surface area contributed by atoms with Crippen LogP contribution in [0.2, 0.25) is 0 Å². The number of hydrogen-bond donors (Lipinski definition) is 4. The Morgan fingerprint density at radius 2 is 1.94 bits per heavy atom. The van der Waals surface area contributed by atoms with Gasteiger partial charge in [-0.15, -0.1) is 0 Å². The lowest BCUT2D eigenvalue weighted by atomic mass is 9.70. The van der Waals surface area contributed by atoms with Gasteiger partial charge in [-0.1, -0.05) is 0 Å². The lowest BCUT2D eigenvalue weighted by Gasteiger charge is -2.53. The summed E-state index contributed by atoms with van der Waals surface area (Å²) in [5.74, 6) is 1.44. The molecule has 1 aromatic rings.